The average molecular weight is 280 g/mol. The monoisotopic (exact) mass is 280 g/mol. The summed E-state index contributed by atoms with van der Waals surface area (Å²) in [5.41, 5.74) is 0. The first-order valence-corrected chi connectivity index (χ1v) is 8.60. The van der Waals surface area contributed by atoms with Crippen molar-refractivity contribution in [3.05, 3.63) is 0 Å². The fraction of sp³-hybridized carbons (Fsp3) is 0.900. The van der Waals surface area contributed by atoms with Crippen LogP contribution in [0, 0.1) is 0 Å². The van der Waals surface area contributed by atoms with E-state index in [1.165, 1.54) is 16.1 Å². The molecule has 1 rings (SSSR count). The standard InChI is InChI=1S/C10H20N2O3S2/c1-4-11(5-2)10(13)9-7-16-8-12(9)17(14,15)6-3/h9H,4-8H2,1-3H3/t9-/m1/s1. The lowest BCUT2D eigenvalue weighted by Gasteiger charge is -2.27. The summed E-state index contributed by atoms with van der Waals surface area (Å²) in [6.07, 6.45) is 0. The van der Waals surface area contributed by atoms with Crippen LogP contribution in [-0.2, 0) is 14.8 Å². The summed E-state index contributed by atoms with van der Waals surface area (Å²) in [5.74, 6) is 0.940. The van der Waals surface area contributed by atoms with Crippen molar-refractivity contribution >= 4 is 27.7 Å². The first-order valence-electron chi connectivity index (χ1n) is 5.83. The number of carbonyl (C=O) groups excluding carboxylic acids is 1. The highest BCUT2D eigenvalue weighted by molar-refractivity contribution is 8.00. The van der Waals surface area contributed by atoms with Crippen LogP contribution in [0.3, 0.4) is 0 Å². The Morgan fingerprint density at radius 1 is 1.35 bits per heavy atom. The minimum atomic E-state index is -3.28. The Morgan fingerprint density at radius 2 is 1.94 bits per heavy atom. The molecule has 0 aromatic heterocycles. The van der Waals surface area contributed by atoms with E-state index in [2.05, 4.69) is 0 Å². The molecule has 1 aliphatic rings. The molecule has 1 heterocycles. The molecule has 0 N–H and O–H groups in total. The SMILES string of the molecule is CCN(CC)C(=O)[C@H]1CSCN1S(=O)(=O)CC. The number of sulfonamides is 1. The molecule has 0 aromatic rings. The van der Waals surface area contributed by atoms with Crippen LogP contribution in [0.15, 0.2) is 0 Å². The zero-order valence-electron chi connectivity index (χ0n) is 10.5. The van der Waals surface area contributed by atoms with E-state index in [1.807, 2.05) is 13.8 Å². The second-order valence-corrected chi connectivity index (χ2v) is 7.02. The molecular weight excluding hydrogens is 260 g/mol. The smallest absolute Gasteiger partial charge is 0.241 e. The number of hydrogen-bond acceptors (Lipinski definition) is 4. The van der Waals surface area contributed by atoms with E-state index in [-0.39, 0.29) is 11.7 Å². The molecule has 0 saturated carbocycles. The Morgan fingerprint density at radius 3 is 2.41 bits per heavy atom. The van der Waals surface area contributed by atoms with Gasteiger partial charge in [0, 0.05) is 18.8 Å². The maximum absolute atomic E-state index is 12.2. The van der Waals surface area contributed by atoms with Gasteiger partial charge < -0.3 is 4.90 Å². The van der Waals surface area contributed by atoms with E-state index in [0.29, 0.717) is 24.7 Å². The van der Waals surface area contributed by atoms with Crippen LogP contribution in [0.1, 0.15) is 20.8 Å². The molecule has 1 atom stereocenters. The number of amides is 1. The van der Waals surface area contributed by atoms with Gasteiger partial charge in [-0.1, -0.05) is 0 Å². The largest absolute Gasteiger partial charge is 0.342 e. The summed E-state index contributed by atoms with van der Waals surface area (Å²) in [4.78, 5) is 13.9. The number of rotatable bonds is 5. The number of likely N-dealkylation sites (N-methyl/N-ethyl adjacent to an activating group) is 1. The summed E-state index contributed by atoms with van der Waals surface area (Å²) < 4.78 is 25.1. The zero-order valence-corrected chi connectivity index (χ0v) is 12.2. The molecule has 1 saturated heterocycles. The van der Waals surface area contributed by atoms with Gasteiger partial charge in [-0.25, -0.2) is 8.42 Å². The molecule has 0 radical (unpaired) electrons. The molecule has 1 amide bonds. The second kappa shape index (κ2) is 6.06. The quantitative estimate of drug-likeness (QED) is 0.739. The van der Waals surface area contributed by atoms with Crippen molar-refractivity contribution in [2.24, 2.45) is 0 Å². The molecule has 0 spiro atoms. The van der Waals surface area contributed by atoms with Gasteiger partial charge in [-0.2, -0.15) is 4.31 Å². The molecule has 0 unspecified atom stereocenters. The van der Waals surface area contributed by atoms with E-state index in [1.54, 1.807) is 11.8 Å². The van der Waals surface area contributed by atoms with Crippen LogP contribution in [0.25, 0.3) is 0 Å². The van der Waals surface area contributed by atoms with Gasteiger partial charge in [0.2, 0.25) is 15.9 Å². The van der Waals surface area contributed by atoms with Gasteiger partial charge in [0.15, 0.2) is 0 Å². The van der Waals surface area contributed by atoms with Crippen LogP contribution < -0.4 is 0 Å². The molecule has 100 valence electrons. The highest BCUT2D eigenvalue weighted by Crippen LogP contribution is 2.25. The lowest BCUT2D eigenvalue weighted by molar-refractivity contribution is -0.133. The topological polar surface area (TPSA) is 57.7 Å². The van der Waals surface area contributed by atoms with Gasteiger partial charge in [0.25, 0.3) is 0 Å². The van der Waals surface area contributed by atoms with Crippen molar-refractivity contribution in [1.29, 1.82) is 0 Å². The third-order valence-electron chi connectivity index (χ3n) is 2.92. The van der Waals surface area contributed by atoms with Crippen LogP contribution in [0.2, 0.25) is 0 Å². The molecule has 1 fully saturated rings. The van der Waals surface area contributed by atoms with Gasteiger partial charge >= 0.3 is 0 Å². The highest BCUT2D eigenvalue weighted by Gasteiger charge is 2.39. The van der Waals surface area contributed by atoms with Crippen LogP contribution in [0.5, 0.6) is 0 Å². The zero-order chi connectivity index (χ0) is 13.1. The van der Waals surface area contributed by atoms with Gasteiger partial charge in [-0.05, 0) is 20.8 Å². The molecule has 17 heavy (non-hydrogen) atoms. The molecule has 7 heteroatoms. The van der Waals surface area contributed by atoms with Crippen molar-refractivity contribution in [3.8, 4) is 0 Å². The van der Waals surface area contributed by atoms with Crippen molar-refractivity contribution in [1.82, 2.24) is 9.21 Å². The van der Waals surface area contributed by atoms with E-state index >= 15 is 0 Å². The van der Waals surface area contributed by atoms with Crippen LogP contribution in [0.4, 0.5) is 0 Å². The van der Waals surface area contributed by atoms with E-state index in [9.17, 15) is 13.2 Å². The maximum Gasteiger partial charge on any atom is 0.241 e. The lowest BCUT2D eigenvalue weighted by atomic mass is 10.3. The Kier molecular flexibility index (Phi) is 5.27. The lowest BCUT2D eigenvalue weighted by Crippen LogP contribution is -2.49. The second-order valence-electron chi connectivity index (χ2n) is 3.81. The van der Waals surface area contributed by atoms with Gasteiger partial charge in [-0.15, -0.1) is 11.8 Å². The summed E-state index contributed by atoms with van der Waals surface area (Å²) in [5, 5.41) is 0. The molecule has 0 aliphatic carbocycles. The van der Waals surface area contributed by atoms with Gasteiger partial charge in [0.05, 0.1) is 11.6 Å². The van der Waals surface area contributed by atoms with Gasteiger partial charge in [0.1, 0.15) is 6.04 Å². The Labute approximate surface area is 108 Å². The molecule has 5 nitrogen and oxygen atoms in total. The summed E-state index contributed by atoms with van der Waals surface area (Å²) in [7, 11) is -3.28. The molecule has 1 aliphatic heterocycles. The summed E-state index contributed by atoms with van der Waals surface area (Å²) >= 11 is 1.50. The number of hydrogen-bond donors (Lipinski definition) is 0. The molecule has 0 bridgehead atoms. The van der Waals surface area contributed by atoms with Crippen LogP contribution >= 0.6 is 11.8 Å². The minimum Gasteiger partial charge on any atom is -0.342 e. The summed E-state index contributed by atoms with van der Waals surface area (Å²) in [6, 6.07) is -0.509. The third-order valence-corrected chi connectivity index (χ3v) is 5.93. The first-order chi connectivity index (χ1) is 7.97. The van der Waals surface area contributed by atoms with E-state index in [4.69, 9.17) is 0 Å². The molecular formula is C10H20N2O3S2. The Bertz CT molecular complexity index is 366. The fourth-order valence-electron chi connectivity index (χ4n) is 1.81. The predicted octanol–water partition coefficient (Wildman–Crippen LogP) is 0.579. The summed E-state index contributed by atoms with van der Waals surface area (Å²) in [6.45, 7) is 6.66. The minimum absolute atomic E-state index is 0.0512. The molecule has 0 aromatic carbocycles. The van der Waals surface area contributed by atoms with E-state index < -0.39 is 16.1 Å². The fourth-order valence-corrected chi connectivity index (χ4v) is 4.66. The highest BCUT2D eigenvalue weighted by atomic mass is 32.2. The van der Waals surface area contributed by atoms with Crippen LogP contribution in [-0.4, -0.2) is 60.0 Å². The van der Waals surface area contributed by atoms with Crippen molar-refractivity contribution in [2.75, 3.05) is 30.5 Å². The van der Waals surface area contributed by atoms with Crippen molar-refractivity contribution in [2.45, 2.75) is 26.8 Å². The first kappa shape index (κ1) is 14.8. The predicted molar refractivity (Wildman–Crippen MR) is 70.3 cm³/mol. The van der Waals surface area contributed by atoms with E-state index in [0.717, 1.165) is 0 Å². The third kappa shape index (κ3) is 3.14. The number of thioether (sulfide) groups is 1. The van der Waals surface area contributed by atoms with Crippen molar-refractivity contribution in [3.63, 3.8) is 0 Å². The average Bonchev–Trinajstić information content (AvgIpc) is 2.80. The Balaban J connectivity index is 2.87. The normalized spacial score (nSPS) is 21.7. The van der Waals surface area contributed by atoms with Crippen molar-refractivity contribution < 1.29 is 13.2 Å². The number of carbonyl (C=O) groups is 1. The maximum atomic E-state index is 12.2. The number of nitrogens with zero attached hydrogens (tertiary/aromatic N) is 2. The van der Waals surface area contributed by atoms with Gasteiger partial charge in [-0.3, -0.25) is 4.79 Å². The Hall–Kier alpha value is -0.270.